The quantitative estimate of drug-likeness (QED) is 0.708. The number of carboxylic acids is 1. The van der Waals surface area contributed by atoms with Crippen molar-refractivity contribution >= 4 is 11.6 Å². The number of pyridine rings is 1. The number of rotatable bonds is 2. The third-order valence-electron chi connectivity index (χ3n) is 2.96. The van der Waals surface area contributed by atoms with Gasteiger partial charge in [-0.3, -0.25) is 9.48 Å². The van der Waals surface area contributed by atoms with Gasteiger partial charge in [-0.2, -0.15) is 0 Å². The first-order chi connectivity index (χ1) is 9.08. The summed E-state index contributed by atoms with van der Waals surface area (Å²) in [4.78, 5) is 27.2. The molecule has 0 aliphatic heterocycles. The third kappa shape index (κ3) is 1.63. The lowest BCUT2D eigenvalue weighted by Crippen LogP contribution is -2.13. The minimum atomic E-state index is -1.05. The number of aryl methyl sites for hydroxylation is 1. The van der Waals surface area contributed by atoms with Crippen LogP contribution in [0.5, 0.6) is 0 Å². The molecule has 0 aromatic carbocycles. The van der Waals surface area contributed by atoms with E-state index in [1.807, 2.05) is 0 Å². The van der Waals surface area contributed by atoms with E-state index in [4.69, 9.17) is 5.11 Å². The predicted octanol–water partition coefficient (Wildman–Crippen LogP) is 0.726. The molecule has 7 heteroatoms. The van der Waals surface area contributed by atoms with Crippen LogP contribution >= 0.6 is 0 Å². The molecule has 0 saturated heterocycles. The maximum absolute atomic E-state index is 12.0. The van der Waals surface area contributed by atoms with Crippen LogP contribution in [0.25, 0.3) is 16.8 Å². The largest absolute Gasteiger partial charge is 0.478 e. The van der Waals surface area contributed by atoms with Crippen LogP contribution in [0.2, 0.25) is 0 Å². The Hall–Kier alpha value is -2.83. The fourth-order valence-corrected chi connectivity index (χ4v) is 2.00. The second kappa shape index (κ2) is 3.84. The molecule has 0 unspecified atom stereocenters. The summed E-state index contributed by atoms with van der Waals surface area (Å²) in [6, 6.07) is 1.45. The Kier molecular flexibility index (Phi) is 2.28. The predicted molar refractivity (Wildman–Crippen MR) is 67.2 cm³/mol. The molecule has 19 heavy (non-hydrogen) atoms. The second-order valence-electron chi connectivity index (χ2n) is 4.16. The highest BCUT2D eigenvalue weighted by atomic mass is 16.4. The van der Waals surface area contributed by atoms with E-state index in [9.17, 15) is 9.59 Å². The van der Waals surface area contributed by atoms with Crippen LogP contribution in [-0.2, 0) is 7.05 Å². The first kappa shape index (κ1) is 11.3. The highest BCUT2D eigenvalue weighted by Gasteiger charge is 2.15. The lowest BCUT2D eigenvalue weighted by Gasteiger charge is -2.03. The van der Waals surface area contributed by atoms with Gasteiger partial charge in [0, 0.05) is 37.4 Å². The topological polar surface area (TPSA) is 92.4 Å². The molecule has 0 aliphatic carbocycles. The second-order valence-corrected chi connectivity index (χ2v) is 4.16. The maximum Gasteiger partial charge on any atom is 0.337 e. The van der Waals surface area contributed by atoms with Crippen LogP contribution in [0.1, 0.15) is 10.4 Å². The summed E-state index contributed by atoms with van der Waals surface area (Å²) in [5, 5.41) is 11.9. The molecule has 0 saturated carbocycles. The number of H-pyrrole nitrogens is 1. The molecule has 7 nitrogen and oxygen atoms in total. The fourth-order valence-electron chi connectivity index (χ4n) is 2.00. The molecule has 0 aliphatic rings. The van der Waals surface area contributed by atoms with Crippen molar-refractivity contribution in [3.8, 4) is 11.1 Å². The van der Waals surface area contributed by atoms with E-state index in [0.717, 1.165) is 0 Å². The van der Waals surface area contributed by atoms with E-state index in [0.29, 0.717) is 16.8 Å². The zero-order valence-electron chi connectivity index (χ0n) is 9.99. The van der Waals surface area contributed by atoms with Gasteiger partial charge in [-0.05, 0) is 6.07 Å². The van der Waals surface area contributed by atoms with Gasteiger partial charge in [-0.25, -0.2) is 9.78 Å². The molecule has 0 radical (unpaired) electrons. The summed E-state index contributed by atoms with van der Waals surface area (Å²) in [7, 11) is 1.59. The van der Waals surface area contributed by atoms with Crippen molar-refractivity contribution in [3.05, 3.63) is 46.8 Å². The zero-order chi connectivity index (χ0) is 13.6. The highest BCUT2D eigenvalue weighted by Crippen LogP contribution is 2.22. The molecule has 0 atom stereocenters. The van der Waals surface area contributed by atoms with Crippen LogP contribution in [0, 0.1) is 0 Å². The van der Waals surface area contributed by atoms with Crippen molar-refractivity contribution in [1.29, 1.82) is 0 Å². The van der Waals surface area contributed by atoms with Crippen LogP contribution in [0.4, 0.5) is 0 Å². The average Bonchev–Trinajstić information content (AvgIpc) is 2.97. The molecule has 0 amide bonds. The van der Waals surface area contributed by atoms with Crippen LogP contribution in [-0.4, -0.2) is 30.2 Å². The molecule has 3 aromatic rings. The van der Waals surface area contributed by atoms with Crippen LogP contribution in [0.3, 0.4) is 0 Å². The zero-order valence-corrected chi connectivity index (χ0v) is 9.99. The number of hydrogen-bond donors (Lipinski definition) is 2. The number of hydrogen-bond acceptors (Lipinski definition) is 3. The van der Waals surface area contributed by atoms with E-state index in [2.05, 4.69) is 10.1 Å². The number of fused-ring (bicyclic) bond motifs is 1. The molecule has 0 fully saturated rings. The molecule has 3 rings (SSSR count). The van der Waals surface area contributed by atoms with Crippen molar-refractivity contribution in [2.24, 2.45) is 7.05 Å². The molecule has 3 aromatic heterocycles. The number of nitrogens with zero attached hydrogens (tertiary/aromatic N) is 3. The standard InChI is InChI=1S/C12H10N4O3/c1-15-11(17)9(5-14-15)8-4-7(12(18)19)6-16-3-2-13-10(8)16/h2-6,14H,1H3,(H,18,19). The molecule has 0 spiro atoms. The third-order valence-corrected chi connectivity index (χ3v) is 2.96. The first-order valence-electron chi connectivity index (χ1n) is 5.52. The van der Waals surface area contributed by atoms with E-state index in [1.54, 1.807) is 23.8 Å². The molecule has 3 heterocycles. The SMILES string of the molecule is Cn1[nH]cc(-c2cc(C(=O)O)cn3ccnc23)c1=O. The Morgan fingerprint density at radius 3 is 2.84 bits per heavy atom. The summed E-state index contributed by atoms with van der Waals surface area (Å²) in [5.74, 6) is -1.05. The van der Waals surface area contributed by atoms with Crippen molar-refractivity contribution in [1.82, 2.24) is 19.2 Å². The monoisotopic (exact) mass is 258 g/mol. The maximum atomic E-state index is 12.0. The fraction of sp³-hybridized carbons (Fsp3) is 0.0833. The summed E-state index contributed by atoms with van der Waals surface area (Å²) in [6.45, 7) is 0. The van der Waals surface area contributed by atoms with E-state index in [-0.39, 0.29) is 11.1 Å². The van der Waals surface area contributed by atoms with Gasteiger partial charge in [0.15, 0.2) is 0 Å². The Morgan fingerprint density at radius 2 is 2.21 bits per heavy atom. The Balaban J connectivity index is 2.39. The average molecular weight is 258 g/mol. The Labute approximate surface area is 106 Å². The van der Waals surface area contributed by atoms with Crippen molar-refractivity contribution in [2.75, 3.05) is 0 Å². The lowest BCUT2D eigenvalue weighted by molar-refractivity contribution is 0.0696. The molecule has 2 N–H and O–H groups in total. The van der Waals surface area contributed by atoms with Gasteiger partial charge in [0.25, 0.3) is 5.56 Å². The van der Waals surface area contributed by atoms with Crippen molar-refractivity contribution in [2.45, 2.75) is 0 Å². The van der Waals surface area contributed by atoms with Gasteiger partial charge in [0.05, 0.1) is 11.1 Å². The summed E-state index contributed by atoms with van der Waals surface area (Å²) < 4.78 is 2.91. The number of nitrogens with one attached hydrogen (secondary N) is 1. The normalized spacial score (nSPS) is 11.0. The number of carboxylic acid groups (broad SMARTS) is 1. The number of aromatic amines is 1. The van der Waals surface area contributed by atoms with Crippen molar-refractivity contribution < 1.29 is 9.90 Å². The Morgan fingerprint density at radius 1 is 1.42 bits per heavy atom. The summed E-state index contributed by atoms with van der Waals surface area (Å²) in [6.07, 6.45) is 6.20. The summed E-state index contributed by atoms with van der Waals surface area (Å²) >= 11 is 0. The minimum absolute atomic E-state index is 0.101. The lowest BCUT2D eigenvalue weighted by atomic mass is 10.1. The number of imidazole rings is 1. The first-order valence-corrected chi connectivity index (χ1v) is 5.52. The number of carbonyl (C=O) groups is 1. The van der Waals surface area contributed by atoms with Crippen LogP contribution < -0.4 is 5.56 Å². The smallest absolute Gasteiger partial charge is 0.337 e. The number of aromatic carboxylic acids is 1. The molecular formula is C12H10N4O3. The molecule has 96 valence electrons. The molecular weight excluding hydrogens is 248 g/mol. The van der Waals surface area contributed by atoms with Gasteiger partial charge in [-0.15, -0.1) is 0 Å². The highest BCUT2D eigenvalue weighted by molar-refractivity contribution is 5.91. The number of aromatic nitrogens is 4. The molecule has 0 bridgehead atoms. The van der Waals surface area contributed by atoms with E-state index >= 15 is 0 Å². The van der Waals surface area contributed by atoms with E-state index < -0.39 is 5.97 Å². The van der Waals surface area contributed by atoms with Gasteiger partial charge in [0.2, 0.25) is 0 Å². The van der Waals surface area contributed by atoms with Crippen molar-refractivity contribution in [3.63, 3.8) is 0 Å². The van der Waals surface area contributed by atoms with Gasteiger partial charge < -0.3 is 14.6 Å². The van der Waals surface area contributed by atoms with Gasteiger partial charge in [0.1, 0.15) is 5.65 Å². The summed E-state index contributed by atoms with van der Waals surface area (Å²) in [5.41, 5.74) is 1.30. The van der Waals surface area contributed by atoms with Gasteiger partial charge >= 0.3 is 5.97 Å². The Bertz CT molecular complexity index is 840. The van der Waals surface area contributed by atoms with E-state index in [1.165, 1.54) is 23.1 Å². The minimum Gasteiger partial charge on any atom is -0.478 e. The van der Waals surface area contributed by atoms with Gasteiger partial charge in [-0.1, -0.05) is 0 Å². The van der Waals surface area contributed by atoms with Crippen LogP contribution in [0.15, 0.2) is 35.6 Å².